The molecule has 4 heteroatoms. The van der Waals surface area contributed by atoms with Crippen LogP contribution in [0.4, 0.5) is 4.39 Å². The molecular formula is C9H17FN2O. The molecule has 0 radical (unpaired) electrons. The average molecular weight is 188 g/mol. The minimum Gasteiger partial charge on any atom is -0.353 e. The molecule has 0 aliphatic carbocycles. The lowest BCUT2D eigenvalue weighted by molar-refractivity contribution is -0.125. The minimum atomic E-state index is -0.854. The maximum absolute atomic E-state index is 12.9. The van der Waals surface area contributed by atoms with E-state index in [0.29, 0.717) is 13.0 Å². The Balaban J connectivity index is 2.47. The molecule has 3 nitrogen and oxygen atoms in total. The van der Waals surface area contributed by atoms with Crippen LogP contribution in [0.15, 0.2) is 0 Å². The van der Waals surface area contributed by atoms with Crippen LogP contribution in [0.3, 0.4) is 0 Å². The molecule has 0 aromatic carbocycles. The van der Waals surface area contributed by atoms with Crippen LogP contribution in [0.1, 0.15) is 20.3 Å². The standard InChI is InChI=1S/C9H17FN2O/c1-6(2)11-9(13)8-4-7(10)5-12(8)3/h6-8H,4-5H2,1-3H3,(H,11,13)/t7-,8+/m1/s1. The van der Waals surface area contributed by atoms with E-state index in [-0.39, 0.29) is 18.0 Å². The monoisotopic (exact) mass is 188 g/mol. The number of alkyl halides is 1. The number of halogens is 1. The third-order valence-electron chi connectivity index (χ3n) is 2.23. The van der Waals surface area contributed by atoms with Gasteiger partial charge in [0, 0.05) is 19.0 Å². The highest BCUT2D eigenvalue weighted by atomic mass is 19.1. The highest BCUT2D eigenvalue weighted by Gasteiger charge is 2.34. The van der Waals surface area contributed by atoms with Crippen molar-refractivity contribution in [2.24, 2.45) is 0 Å². The third-order valence-corrected chi connectivity index (χ3v) is 2.23. The Morgan fingerprint density at radius 3 is 2.62 bits per heavy atom. The van der Waals surface area contributed by atoms with Gasteiger partial charge in [-0.2, -0.15) is 0 Å². The van der Waals surface area contributed by atoms with E-state index in [1.165, 1.54) is 0 Å². The number of amides is 1. The predicted octanol–water partition coefficient (Wildman–Crippen LogP) is 0.553. The molecule has 0 saturated carbocycles. The molecule has 1 heterocycles. The first-order chi connectivity index (χ1) is 6.00. The van der Waals surface area contributed by atoms with Crippen LogP contribution >= 0.6 is 0 Å². The summed E-state index contributed by atoms with van der Waals surface area (Å²) in [6.45, 7) is 4.18. The lowest BCUT2D eigenvalue weighted by Gasteiger charge is -2.19. The zero-order valence-corrected chi connectivity index (χ0v) is 8.38. The number of carbonyl (C=O) groups is 1. The van der Waals surface area contributed by atoms with Gasteiger partial charge < -0.3 is 5.32 Å². The van der Waals surface area contributed by atoms with E-state index in [0.717, 1.165) is 0 Å². The highest BCUT2D eigenvalue weighted by Crippen LogP contribution is 2.18. The van der Waals surface area contributed by atoms with Gasteiger partial charge in [0.15, 0.2) is 0 Å². The summed E-state index contributed by atoms with van der Waals surface area (Å²) >= 11 is 0. The van der Waals surface area contributed by atoms with E-state index in [1.807, 2.05) is 13.8 Å². The van der Waals surface area contributed by atoms with Gasteiger partial charge in [-0.25, -0.2) is 4.39 Å². The zero-order chi connectivity index (χ0) is 10.0. The molecule has 1 aliphatic heterocycles. The molecule has 1 fully saturated rings. The SMILES string of the molecule is CC(C)NC(=O)[C@@H]1C[C@@H](F)CN1C. The molecule has 0 unspecified atom stereocenters. The van der Waals surface area contributed by atoms with Gasteiger partial charge in [-0.15, -0.1) is 0 Å². The second-order valence-electron chi connectivity index (χ2n) is 3.95. The van der Waals surface area contributed by atoms with Gasteiger partial charge in [0.05, 0.1) is 6.04 Å². The van der Waals surface area contributed by atoms with Crippen molar-refractivity contribution < 1.29 is 9.18 Å². The van der Waals surface area contributed by atoms with Crippen molar-refractivity contribution in [3.05, 3.63) is 0 Å². The normalized spacial score (nSPS) is 29.6. The van der Waals surface area contributed by atoms with Gasteiger partial charge >= 0.3 is 0 Å². The summed E-state index contributed by atoms with van der Waals surface area (Å²) in [6, 6.07) is -0.156. The summed E-state index contributed by atoms with van der Waals surface area (Å²) in [4.78, 5) is 13.3. The molecule has 1 aliphatic rings. The van der Waals surface area contributed by atoms with Crippen LogP contribution in [0.2, 0.25) is 0 Å². The fraction of sp³-hybridized carbons (Fsp3) is 0.889. The number of nitrogens with one attached hydrogen (secondary N) is 1. The Hall–Kier alpha value is -0.640. The topological polar surface area (TPSA) is 32.3 Å². The van der Waals surface area contributed by atoms with Crippen molar-refractivity contribution in [1.82, 2.24) is 10.2 Å². The second kappa shape index (κ2) is 4.05. The Morgan fingerprint density at radius 1 is 1.62 bits per heavy atom. The first-order valence-electron chi connectivity index (χ1n) is 4.65. The molecule has 1 saturated heterocycles. The fourth-order valence-corrected chi connectivity index (χ4v) is 1.62. The van der Waals surface area contributed by atoms with Gasteiger partial charge in [-0.05, 0) is 20.9 Å². The minimum absolute atomic E-state index is 0.0577. The first-order valence-corrected chi connectivity index (χ1v) is 4.65. The van der Waals surface area contributed by atoms with Gasteiger partial charge in [-0.3, -0.25) is 9.69 Å². The highest BCUT2D eigenvalue weighted by molar-refractivity contribution is 5.82. The number of likely N-dealkylation sites (N-methyl/N-ethyl adjacent to an activating group) is 1. The van der Waals surface area contributed by atoms with Crippen LogP contribution in [0.25, 0.3) is 0 Å². The van der Waals surface area contributed by atoms with E-state index in [1.54, 1.807) is 11.9 Å². The maximum atomic E-state index is 12.9. The lowest BCUT2D eigenvalue weighted by Crippen LogP contribution is -2.43. The summed E-state index contributed by atoms with van der Waals surface area (Å²) in [7, 11) is 1.78. The molecule has 76 valence electrons. The molecule has 0 bridgehead atoms. The number of carbonyl (C=O) groups excluding carboxylic acids is 1. The van der Waals surface area contributed by atoms with E-state index >= 15 is 0 Å². The summed E-state index contributed by atoms with van der Waals surface area (Å²) in [5.74, 6) is -0.0577. The summed E-state index contributed by atoms with van der Waals surface area (Å²) in [5, 5.41) is 2.79. The van der Waals surface area contributed by atoms with Gasteiger partial charge in [0.1, 0.15) is 6.17 Å². The van der Waals surface area contributed by atoms with Crippen LogP contribution in [-0.2, 0) is 4.79 Å². The Kier molecular flexibility index (Phi) is 3.25. The lowest BCUT2D eigenvalue weighted by atomic mass is 10.2. The van der Waals surface area contributed by atoms with E-state index in [4.69, 9.17) is 0 Å². The molecule has 0 aromatic rings. The van der Waals surface area contributed by atoms with Crippen molar-refractivity contribution in [1.29, 1.82) is 0 Å². The molecule has 0 spiro atoms. The summed E-state index contributed by atoms with van der Waals surface area (Å²) in [5.41, 5.74) is 0. The molecule has 1 N–H and O–H groups in total. The molecule has 1 rings (SSSR count). The third kappa shape index (κ3) is 2.66. The van der Waals surface area contributed by atoms with Gasteiger partial charge in [0.2, 0.25) is 5.91 Å². The molecular weight excluding hydrogens is 171 g/mol. The number of likely N-dealkylation sites (tertiary alicyclic amines) is 1. The summed E-state index contributed by atoms with van der Waals surface area (Å²) in [6.07, 6.45) is -0.525. The molecule has 2 atom stereocenters. The largest absolute Gasteiger partial charge is 0.353 e. The van der Waals surface area contributed by atoms with Crippen molar-refractivity contribution in [3.8, 4) is 0 Å². The Bertz CT molecular complexity index is 196. The van der Waals surface area contributed by atoms with Crippen LogP contribution < -0.4 is 5.32 Å². The van der Waals surface area contributed by atoms with Crippen LogP contribution in [0.5, 0.6) is 0 Å². The van der Waals surface area contributed by atoms with Crippen LogP contribution in [-0.4, -0.2) is 42.7 Å². The Labute approximate surface area is 78.3 Å². The Morgan fingerprint density at radius 2 is 2.23 bits per heavy atom. The molecule has 1 amide bonds. The quantitative estimate of drug-likeness (QED) is 0.686. The predicted molar refractivity (Wildman–Crippen MR) is 49.2 cm³/mol. The maximum Gasteiger partial charge on any atom is 0.237 e. The fourth-order valence-electron chi connectivity index (χ4n) is 1.62. The van der Waals surface area contributed by atoms with Crippen molar-refractivity contribution >= 4 is 5.91 Å². The van der Waals surface area contributed by atoms with Gasteiger partial charge in [0.25, 0.3) is 0 Å². The van der Waals surface area contributed by atoms with E-state index < -0.39 is 6.17 Å². The van der Waals surface area contributed by atoms with E-state index in [2.05, 4.69) is 5.32 Å². The van der Waals surface area contributed by atoms with Crippen molar-refractivity contribution in [3.63, 3.8) is 0 Å². The second-order valence-corrected chi connectivity index (χ2v) is 3.95. The smallest absolute Gasteiger partial charge is 0.237 e. The molecule has 13 heavy (non-hydrogen) atoms. The van der Waals surface area contributed by atoms with Crippen molar-refractivity contribution in [2.45, 2.75) is 38.5 Å². The number of hydrogen-bond acceptors (Lipinski definition) is 2. The van der Waals surface area contributed by atoms with Crippen LogP contribution in [0, 0.1) is 0 Å². The summed E-state index contributed by atoms with van der Waals surface area (Å²) < 4.78 is 12.9. The number of nitrogens with zero attached hydrogens (tertiary/aromatic N) is 1. The average Bonchev–Trinajstić information content (AvgIpc) is 2.28. The van der Waals surface area contributed by atoms with E-state index in [9.17, 15) is 9.18 Å². The number of rotatable bonds is 2. The first kappa shape index (κ1) is 10.4. The molecule has 0 aromatic heterocycles. The van der Waals surface area contributed by atoms with Crippen molar-refractivity contribution in [2.75, 3.05) is 13.6 Å². The number of hydrogen-bond donors (Lipinski definition) is 1. The van der Waals surface area contributed by atoms with Gasteiger partial charge in [-0.1, -0.05) is 0 Å². The zero-order valence-electron chi connectivity index (χ0n) is 8.38.